The summed E-state index contributed by atoms with van der Waals surface area (Å²) in [6, 6.07) is 6.99. The molecule has 0 aliphatic rings. The monoisotopic (exact) mass is 447 g/mol. The van der Waals surface area contributed by atoms with E-state index in [1.807, 2.05) is 13.8 Å². The number of nitrogens with zero attached hydrogens (tertiary/aromatic N) is 2. The Kier molecular flexibility index (Phi) is 8.97. The molecular weight excluding hydrogens is 423 g/mol. The largest absolute Gasteiger partial charge is 0.440 e. The number of ether oxygens (including phenoxy) is 2. The Morgan fingerprint density at radius 3 is 2.73 bits per heavy atom. The lowest BCUT2D eigenvalue weighted by Crippen LogP contribution is -2.30. The van der Waals surface area contributed by atoms with E-state index in [-0.39, 0.29) is 18.2 Å². The predicted molar refractivity (Wildman–Crippen MR) is 108 cm³/mol. The molecule has 0 radical (unpaired) electrons. The Balaban J connectivity index is 2.01. The Morgan fingerprint density at radius 1 is 1.30 bits per heavy atom. The van der Waals surface area contributed by atoms with Gasteiger partial charge >= 0.3 is 12.3 Å². The number of rotatable bonds is 10. The maximum absolute atomic E-state index is 12.9. The summed E-state index contributed by atoms with van der Waals surface area (Å²) in [5, 5.41) is 3.21. The van der Waals surface area contributed by atoms with Gasteiger partial charge in [0.15, 0.2) is 11.8 Å². The van der Waals surface area contributed by atoms with Gasteiger partial charge in [-0.3, -0.25) is 9.36 Å². The summed E-state index contributed by atoms with van der Waals surface area (Å²) in [4.78, 5) is 28.7. The number of alkyl carbamates (subject to hydrolysis) is 1. The summed E-state index contributed by atoms with van der Waals surface area (Å²) in [6.07, 6.45) is -5.01. The molecule has 1 aromatic heterocycles. The minimum Gasteiger partial charge on any atom is -0.440 e. The standard InChI is InChI=1S/C19H24F3N3O4S/c1-13(2)28-10-5-9-25-16(26)14-6-3-4-7-15(14)24-17(25)30-11-8-23-18(27)29-12-19(20,21)22/h3-4,6-7,13H,5,8-12H2,1-2H3,(H,23,27). The molecule has 7 nitrogen and oxygen atoms in total. The van der Waals surface area contributed by atoms with Crippen molar-refractivity contribution < 1.29 is 27.4 Å². The molecule has 0 bridgehead atoms. The van der Waals surface area contributed by atoms with Crippen LogP contribution in [0, 0.1) is 0 Å². The van der Waals surface area contributed by atoms with Crippen LogP contribution >= 0.6 is 11.8 Å². The Hall–Kier alpha value is -2.27. The number of thioether (sulfide) groups is 1. The first-order chi connectivity index (χ1) is 14.2. The fraction of sp³-hybridized carbons (Fsp3) is 0.526. The van der Waals surface area contributed by atoms with E-state index < -0.39 is 18.9 Å². The average Bonchev–Trinajstić information content (AvgIpc) is 2.68. The van der Waals surface area contributed by atoms with Gasteiger partial charge in [0.25, 0.3) is 5.56 Å². The molecule has 0 saturated carbocycles. The van der Waals surface area contributed by atoms with Gasteiger partial charge in [-0.1, -0.05) is 23.9 Å². The number of halogens is 3. The molecule has 0 aliphatic carbocycles. The van der Waals surface area contributed by atoms with Crippen LogP contribution in [0.5, 0.6) is 0 Å². The van der Waals surface area contributed by atoms with Gasteiger partial charge in [-0.15, -0.1) is 0 Å². The Labute approximate surface area is 175 Å². The third-order valence-electron chi connectivity index (χ3n) is 3.77. The van der Waals surface area contributed by atoms with Crippen LogP contribution in [0.25, 0.3) is 10.9 Å². The lowest BCUT2D eigenvalue weighted by Gasteiger charge is -2.14. The van der Waals surface area contributed by atoms with Gasteiger partial charge < -0.3 is 14.8 Å². The van der Waals surface area contributed by atoms with Gasteiger partial charge in [0.05, 0.1) is 17.0 Å². The smallest absolute Gasteiger partial charge is 0.422 e. The third kappa shape index (κ3) is 7.86. The van der Waals surface area contributed by atoms with Crippen molar-refractivity contribution >= 4 is 28.8 Å². The average molecular weight is 447 g/mol. The van der Waals surface area contributed by atoms with Gasteiger partial charge in [-0.25, -0.2) is 9.78 Å². The van der Waals surface area contributed by atoms with Gasteiger partial charge in [-0.2, -0.15) is 13.2 Å². The highest BCUT2D eigenvalue weighted by atomic mass is 32.2. The van der Waals surface area contributed by atoms with Gasteiger partial charge in [0.1, 0.15) is 0 Å². The highest BCUT2D eigenvalue weighted by molar-refractivity contribution is 7.99. The maximum Gasteiger partial charge on any atom is 0.422 e. The van der Waals surface area contributed by atoms with Crippen LogP contribution in [0.3, 0.4) is 0 Å². The summed E-state index contributed by atoms with van der Waals surface area (Å²) in [5.74, 6) is 0.300. The molecule has 0 spiro atoms. The summed E-state index contributed by atoms with van der Waals surface area (Å²) in [7, 11) is 0. The van der Waals surface area contributed by atoms with Crippen molar-refractivity contribution in [2.24, 2.45) is 0 Å². The van der Waals surface area contributed by atoms with Crippen LogP contribution < -0.4 is 10.9 Å². The molecule has 1 aromatic carbocycles. The topological polar surface area (TPSA) is 82.4 Å². The molecule has 30 heavy (non-hydrogen) atoms. The second-order valence-electron chi connectivity index (χ2n) is 6.61. The lowest BCUT2D eigenvalue weighted by molar-refractivity contribution is -0.160. The van der Waals surface area contributed by atoms with E-state index in [9.17, 15) is 22.8 Å². The van der Waals surface area contributed by atoms with E-state index in [1.54, 1.807) is 28.8 Å². The first kappa shape index (κ1) is 24.0. The number of fused-ring (bicyclic) bond motifs is 1. The van der Waals surface area contributed by atoms with Crippen LogP contribution in [0.1, 0.15) is 20.3 Å². The second-order valence-corrected chi connectivity index (χ2v) is 7.67. The lowest BCUT2D eigenvalue weighted by atomic mass is 10.2. The van der Waals surface area contributed by atoms with Crippen molar-refractivity contribution in [2.45, 2.75) is 44.2 Å². The number of amides is 1. The minimum absolute atomic E-state index is 0.0561. The predicted octanol–water partition coefficient (Wildman–Crippen LogP) is 3.59. The van der Waals surface area contributed by atoms with E-state index in [0.29, 0.717) is 41.4 Å². The van der Waals surface area contributed by atoms with E-state index in [1.165, 1.54) is 11.8 Å². The molecule has 1 heterocycles. The van der Waals surface area contributed by atoms with Crippen LogP contribution in [0.4, 0.5) is 18.0 Å². The number of para-hydroxylation sites is 1. The third-order valence-corrected chi connectivity index (χ3v) is 4.75. The molecule has 1 amide bonds. The van der Waals surface area contributed by atoms with Crippen molar-refractivity contribution in [2.75, 3.05) is 25.5 Å². The zero-order valence-electron chi connectivity index (χ0n) is 16.7. The molecule has 0 fully saturated rings. The fourth-order valence-corrected chi connectivity index (χ4v) is 3.37. The molecule has 11 heteroatoms. The normalized spacial score (nSPS) is 11.8. The Bertz CT molecular complexity index is 903. The number of aromatic nitrogens is 2. The van der Waals surface area contributed by atoms with Crippen LogP contribution in [-0.2, 0) is 16.0 Å². The molecule has 0 saturated heterocycles. The molecule has 0 unspecified atom stereocenters. The number of benzene rings is 1. The molecule has 2 rings (SSSR count). The molecular formula is C19H24F3N3O4S. The highest BCUT2D eigenvalue weighted by Crippen LogP contribution is 2.18. The van der Waals surface area contributed by atoms with Crippen LogP contribution in [0.15, 0.2) is 34.2 Å². The summed E-state index contributed by atoms with van der Waals surface area (Å²) in [5.41, 5.74) is 0.377. The van der Waals surface area contributed by atoms with Gasteiger partial charge in [0, 0.05) is 25.4 Å². The maximum atomic E-state index is 12.9. The Morgan fingerprint density at radius 2 is 2.03 bits per heavy atom. The van der Waals surface area contributed by atoms with Gasteiger partial charge in [0.2, 0.25) is 0 Å². The number of nitrogens with one attached hydrogen (secondary N) is 1. The first-order valence-corrected chi connectivity index (χ1v) is 10.4. The molecule has 1 N–H and O–H groups in total. The number of hydrogen-bond donors (Lipinski definition) is 1. The van der Waals surface area contributed by atoms with E-state index in [4.69, 9.17) is 4.74 Å². The zero-order chi connectivity index (χ0) is 22.1. The minimum atomic E-state index is -4.57. The highest BCUT2D eigenvalue weighted by Gasteiger charge is 2.29. The van der Waals surface area contributed by atoms with Crippen molar-refractivity contribution in [3.05, 3.63) is 34.6 Å². The van der Waals surface area contributed by atoms with Gasteiger partial charge in [-0.05, 0) is 32.4 Å². The van der Waals surface area contributed by atoms with E-state index in [2.05, 4.69) is 15.0 Å². The second kappa shape index (κ2) is 11.2. The van der Waals surface area contributed by atoms with E-state index >= 15 is 0 Å². The van der Waals surface area contributed by atoms with Crippen LogP contribution in [0.2, 0.25) is 0 Å². The summed E-state index contributed by atoms with van der Waals surface area (Å²) < 4.78 is 47.3. The van der Waals surface area contributed by atoms with Crippen molar-refractivity contribution in [1.29, 1.82) is 0 Å². The van der Waals surface area contributed by atoms with Crippen molar-refractivity contribution in [3.63, 3.8) is 0 Å². The zero-order valence-corrected chi connectivity index (χ0v) is 17.5. The number of carbonyl (C=O) groups excluding carboxylic acids is 1. The first-order valence-electron chi connectivity index (χ1n) is 9.38. The summed E-state index contributed by atoms with van der Waals surface area (Å²) in [6.45, 7) is 3.17. The summed E-state index contributed by atoms with van der Waals surface area (Å²) >= 11 is 1.22. The number of hydrogen-bond acceptors (Lipinski definition) is 6. The van der Waals surface area contributed by atoms with Crippen molar-refractivity contribution in [3.8, 4) is 0 Å². The SMILES string of the molecule is CC(C)OCCCn1c(SCCNC(=O)OCC(F)(F)F)nc2ccccc2c1=O. The van der Waals surface area contributed by atoms with Crippen LogP contribution in [-0.4, -0.2) is 53.4 Å². The van der Waals surface area contributed by atoms with E-state index in [0.717, 1.165) is 0 Å². The number of alkyl halides is 3. The molecule has 0 atom stereocenters. The molecule has 166 valence electrons. The van der Waals surface area contributed by atoms with Crippen molar-refractivity contribution in [1.82, 2.24) is 14.9 Å². The molecule has 0 aliphatic heterocycles. The molecule has 2 aromatic rings. The quantitative estimate of drug-likeness (QED) is 0.341. The fourth-order valence-electron chi connectivity index (χ4n) is 2.49. The number of carbonyl (C=O) groups is 1.